The number of nitrogens with zero attached hydrogens (tertiary/aromatic N) is 1. The lowest BCUT2D eigenvalue weighted by atomic mass is 10.1. The Kier molecular flexibility index (Phi) is 4.02. The van der Waals surface area contributed by atoms with Crippen molar-refractivity contribution in [3.8, 4) is 0 Å². The molecular weight excluding hydrogens is 334 g/mol. The Morgan fingerprint density at radius 3 is 2.26 bits per heavy atom. The smallest absolute Gasteiger partial charge is 0.280 e. The second-order valence-electron chi connectivity index (χ2n) is 5.04. The number of carbonyl (C=O) groups is 2. The Hall–Kier alpha value is -2.44. The van der Waals surface area contributed by atoms with Gasteiger partial charge < -0.3 is 5.32 Å². The quantitative estimate of drug-likeness (QED) is 0.646. The predicted molar refractivity (Wildman–Crippen MR) is 92.5 cm³/mol. The van der Waals surface area contributed by atoms with Gasteiger partial charge in [-0.15, -0.1) is 0 Å². The monoisotopic (exact) mass is 345 g/mol. The topological polar surface area (TPSA) is 61.4 Å². The molecule has 1 heterocycles. The maximum atomic E-state index is 12.2. The first-order valence-corrected chi connectivity index (χ1v) is 7.57. The van der Waals surface area contributed by atoms with Gasteiger partial charge in [0.25, 0.3) is 11.8 Å². The molecule has 0 radical (unpaired) electrons. The first-order valence-electron chi connectivity index (χ1n) is 6.79. The highest BCUT2D eigenvalue weighted by atomic mass is 35.5. The van der Waals surface area contributed by atoms with Crippen LogP contribution in [0.15, 0.2) is 42.5 Å². The number of nitrogens with one attached hydrogen (secondary N) is 2. The molecule has 2 aromatic carbocycles. The van der Waals surface area contributed by atoms with Gasteiger partial charge in [-0.1, -0.05) is 29.8 Å². The highest BCUT2D eigenvalue weighted by Gasteiger charge is 2.36. The van der Waals surface area contributed by atoms with E-state index in [9.17, 15) is 9.59 Å². The fourth-order valence-electron chi connectivity index (χ4n) is 2.26. The van der Waals surface area contributed by atoms with Crippen LogP contribution < -0.4 is 10.7 Å². The molecule has 1 aliphatic rings. The third-order valence-corrected chi connectivity index (χ3v) is 3.89. The molecule has 2 N–H and O–H groups in total. The first-order chi connectivity index (χ1) is 11.0. The maximum absolute atomic E-state index is 12.2. The fraction of sp³-hybridized carbons (Fsp3) is 0.0625. The Balaban J connectivity index is 1.74. The summed E-state index contributed by atoms with van der Waals surface area (Å²) in [4.78, 5) is 24.5. The number of carbonyl (C=O) groups excluding carboxylic acids is 2. The molecule has 0 saturated heterocycles. The highest BCUT2D eigenvalue weighted by molar-refractivity contribution is 7.80. The van der Waals surface area contributed by atoms with Crippen LogP contribution in [0.5, 0.6) is 0 Å². The van der Waals surface area contributed by atoms with Gasteiger partial charge in [0, 0.05) is 0 Å². The zero-order valence-corrected chi connectivity index (χ0v) is 13.7. The van der Waals surface area contributed by atoms with E-state index in [0.717, 1.165) is 10.6 Å². The second-order valence-corrected chi connectivity index (χ2v) is 5.86. The number of aryl methyl sites for hydroxylation is 1. The molecule has 0 saturated carbocycles. The van der Waals surface area contributed by atoms with Gasteiger partial charge in [0.05, 0.1) is 21.8 Å². The van der Waals surface area contributed by atoms with Crippen LogP contribution in [0, 0.1) is 6.92 Å². The van der Waals surface area contributed by atoms with E-state index in [0.29, 0.717) is 21.8 Å². The highest BCUT2D eigenvalue weighted by Crippen LogP contribution is 2.23. The molecule has 0 aliphatic carbocycles. The number of hydrazine groups is 1. The number of imide groups is 1. The summed E-state index contributed by atoms with van der Waals surface area (Å²) in [6.45, 7) is 1.92. The molecule has 0 aromatic heterocycles. The van der Waals surface area contributed by atoms with Crippen LogP contribution in [-0.2, 0) is 0 Å². The Morgan fingerprint density at radius 2 is 1.70 bits per heavy atom. The third kappa shape index (κ3) is 2.91. The van der Waals surface area contributed by atoms with E-state index >= 15 is 0 Å². The minimum absolute atomic E-state index is 0.102. The van der Waals surface area contributed by atoms with Crippen LogP contribution in [0.25, 0.3) is 0 Å². The first kappa shape index (κ1) is 15.5. The number of fused-ring (bicyclic) bond motifs is 1. The molecular formula is C16H12ClN3O2S. The number of benzene rings is 2. The molecule has 7 heteroatoms. The van der Waals surface area contributed by atoms with Gasteiger partial charge in [-0.3, -0.25) is 15.0 Å². The number of anilines is 1. The molecule has 0 bridgehead atoms. The average molecular weight is 346 g/mol. The van der Waals surface area contributed by atoms with Gasteiger partial charge in [-0.25, -0.2) is 0 Å². The van der Waals surface area contributed by atoms with Crippen molar-refractivity contribution in [2.24, 2.45) is 0 Å². The standard InChI is InChI=1S/C16H12ClN3O2S/c1-9-6-7-13(12(17)8-9)18-16(23)19-20-14(21)10-4-2-3-5-11(10)15(20)22/h2-8H,1H3,(H2,18,19,23). The Labute approximate surface area is 143 Å². The van der Waals surface area contributed by atoms with Crippen LogP contribution in [0.4, 0.5) is 5.69 Å². The number of thiocarbonyl (C=S) groups is 1. The van der Waals surface area contributed by atoms with Crippen molar-refractivity contribution >= 4 is 46.4 Å². The van der Waals surface area contributed by atoms with Crippen LogP contribution in [0.2, 0.25) is 5.02 Å². The van der Waals surface area contributed by atoms with Crippen molar-refractivity contribution in [2.75, 3.05) is 5.32 Å². The number of amides is 2. The predicted octanol–water partition coefficient (Wildman–Crippen LogP) is 3.15. The van der Waals surface area contributed by atoms with E-state index in [1.807, 2.05) is 13.0 Å². The van der Waals surface area contributed by atoms with Crippen molar-refractivity contribution in [3.63, 3.8) is 0 Å². The molecule has 116 valence electrons. The molecule has 3 rings (SSSR count). The van der Waals surface area contributed by atoms with Gasteiger partial charge in [0.15, 0.2) is 5.11 Å². The molecule has 0 unspecified atom stereocenters. The molecule has 23 heavy (non-hydrogen) atoms. The Morgan fingerprint density at radius 1 is 1.09 bits per heavy atom. The third-order valence-electron chi connectivity index (χ3n) is 3.38. The summed E-state index contributed by atoms with van der Waals surface area (Å²) in [6, 6.07) is 12.0. The lowest BCUT2D eigenvalue weighted by Gasteiger charge is -2.18. The zero-order valence-electron chi connectivity index (χ0n) is 12.1. The van der Waals surface area contributed by atoms with E-state index < -0.39 is 11.8 Å². The van der Waals surface area contributed by atoms with Crippen LogP contribution in [0.1, 0.15) is 26.3 Å². The largest absolute Gasteiger partial charge is 0.330 e. The molecule has 0 spiro atoms. The van der Waals surface area contributed by atoms with Crippen molar-refractivity contribution in [2.45, 2.75) is 6.92 Å². The Bertz CT molecular complexity index is 803. The van der Waals surface area contributed by atoms with E-state index in [4.69, 9.17) is 23.8 Å². The summed E-state index contributed by atoms with van der Waals surface area (Å²) >= 11 is 11.3. The van der Waals surface area contributed by atoms with E-state index in [1.54, 1.807) is 36.4 Å². The fourth-order valence-corrected chi connectivity index (χ4v) is 2.75. The van der Waals surface area contributed by atoms with E-state index in [-0.39, 0.29) is 5.11 Å². The van der Waals surface area contributed by atoms with Crippen LogP contribution in [0.3, 0.4) is 0 Å². The van der Waals surface area contributed by atoms with Crippen LogP contribution >= 0.6 is 23.8 Å². The molecule has 2 aromatic rings. The summed E-state index contributed by atoms with van der Waals surface area (Å²) in [5, 5.41) is 4.36. The molecule has 0 atom stereocenters. The normalized spacial score (nSPS) is 13.0. The SMILES string of the molecule is Cc1ccc(NC(=S)NN2C(=O)c3ccccc3C2=O)c(Cl)c1. The summed E-state index contributed by atoms with van der Waals surface area (Å²) in [7, 11) is 0. The zero-order chi connectivity index (χ0) is 16.6. The second kappa shape index (κ2) is 5.98. The molecule has 1 aliphatic heterocycles. The number of hydrogen-bond acceptors (Lipinski definition) is 3. The minimum atomic E-state index is -0.440. The summed E-state index contributed by atoms with van der Waals surface area (Å²) in [5.41, 5.74) is 4.91. The van der Waals surface area contributed by atoms with Gasteiger partial charge in [0.2, 0.25) is 0 Å². The summed E-state index contributed by atoms with van der Waals surface area (Å²) < 4.78 is 0. The summed E-state index contributed by atoms with van der Waals surface area (Å²) in [5.74, 6) is -0.880. The molecule has 2 amide bonds. The van der Waals surface area contributed by atoms with Gasteiger partial charge >= 0.3 is 0 Å². The van der Waals surface area contributed by atoms with Crippen molar-refractivity contribution in [1.29, 1.82) is 0 Å². The number of halogens is 1. The van der Waals surface area contributed by atoms with Gasteiger partial charge in [-0.05, 0) is 49.0 Å². The van der Waals surface area contributed by atoms with Crippen molar-refractivity contribution < 1.29 is 9.59 Å². The average Bonchev–Trinajstić information content (AvgIpc) is 2.76. The van der Waals surface area contributed by atoms with Crippen molar-refractivity contribution in [3.05, 3.63) is 64.2 Å². The van der Waals surface area contributed by atoms with Crippen LogP contribution in [-0.4, -0.2) is 21.9 Å². The number of hydrogen-bond donors (Lipinski definition) is 2. The van der Waals surface area contributed by atoms with Gasteiger partial charge in [-0.2, -0.15) is 5.01 Å². The lowest BCUT2D eigenvalue weighted by Crippen LogP contribution is -2.47. The summed E-state index contributed by atoms with van der Waals surface area (Å²) in [6.07, 6.45) is 0. The molecule has 5 nitrogen and oxygen atoms in total. The van der Waals surface area contributed by atoms with Crippen molar-refractivity contribution in [1.82, 2.24) is 10.4 Å². The molecule has 0 fully saturated rings. The van der Waals surface area contributed by atoms with Gasteiger partial charge in [0.1, 0.15) is 0 Å². The number of rotatable bonds is 2. The maximum Gasteiger partial charge on any atom is 0.280 e. The lowest BCUT2D eigenvalue weighted by molar-refractivity contribution is 0.0613. The van der Waals surface area contributed by atoms with E-state index in [2.05, 4.69) is 10.7 Å². The minimum Gasteiger partial charge on any atom is -0.330 e. The van der Waals surface area contributed by atoms with E-state index in [1.165, 1.54) is 0 Å².